The van der Waals surface area contributed by atoms with Gasteiger partial charge in [0.05, 0.1) is 12.4 Å². The molecule has 1 aromatic heterocycles. The van der Waals surface area contributed by atoms with Gasteiger partial charge in [-0.25, -0.2) is 4.98 Å². The average Bonchev–Trinajstić information content (AvgIpc) is 2.51. The first-order chi connectivity index (χ1) is 10.2. The van der Waals surface area contributed by atoms with Crippen molar-refractivity contribution in [2.45, 2.75) is 6.04 Å². The second-order valence-electron chi connectivity index (χ2n) is 5.25. The van der Waals surface area contributed by atoms with Crippen LogP contribution in [0.4, 0.5) is 5.82 Å². The lowest BCUT2D eigenvalue weighted by Crippen LogP contribution is -2.48. The molecular weight excluding hydrogens is 379 g/mol. The number of aromatic amines is 1. The number of anilines is 1. The minimum Gasteiger partial charge on any atom is -0.346 e. The molecule has 1 fully saturated rings. The van der Waals surface area contributed by atoms with Crippen LogP contribution >= 0.6 is 22.6 Å². The maximum atomic E-state index is 11.8. The van der Waals surface area contributed by atoms with E-state index < -0.39 is 0 Å². The molecule has 5 nitrogen and oxygen atoms in total. The Morgan fingerprint density at radius 3 is 2.81 bits per heavy atom. The lowest BCUT2D eigenvalue weighted by Gasteiger charge is -2.41. The van der Waals surface area contributed by atoms with Gasteiger partial charge in [0.1, 0.15) is 9.39 Å². The normalized spacial score (nSPS) is 19.7. The van der Waals surface area contributed by atoms with Crippen molar-refractivity contribution < 1.29 is 0 Å². The van der Waals surface area contributed by atoms with Crippen molar-refractivity contribution in [3.8, 4) is 0 Å². The number of likely N-dealkylation sites (N-methyl/N-ethyl adjacent to an activating group) is 1. The summed E-state index contributed by atoms with van der Waals surface area (Å²) in [6.07, 6.45) is 1.49. The molecule has 110 valence electrons. The molecule has 21 heavy (non-hydrogen) atoms. The third-order valence-electron chi connectivity index (χ3n) is 3.82. The van der Waals surface area contributed by atoms with E-state index in [1.807, 2.05) is 6.07 Å². The summed E-state index contributed by atoms with van der Waals surface area (Å²) < 4.78 is 0.653. The molecule has 1 aromatic carbocycles. The largest absolute Gasteiger partial charge is 0.346 e. The fourth-order valence-corrected chi connectivity index (χ4v) is 3.31. The fourth-order valence-electron chi connectivity index (χ4n) is 2.71. The summed E-state index contributed by atoms with van der Waals surface area (Å²) in [7, 11) is 2.13. The van der Waals surface area contributed by atoms with Gasteiger partial charge in [-0.15, -0.1) is 0 Å². The van der Waals surface area contributed by atoms with Gasteiger partial charge in [0, 0.05) is 19.6 Å². The zero-order chi connectivity index (χ0) is 14.8. The number of nitrogens with one attached hydrogen (secondary N) is 1. The Labute approximate surface area is 137 Å². The highest BCUT2D eigenvalue weighted by molar-refractivity contribution is 14.1. The molecule has 3 rings (SSSR count). The van der Waals surface area contributed by atoms with Gasteiger partial charge in [-0.3, -0.25) is 4.79 Å². The lowest BCUT2D eigenvalue weighted by atomic mass is 10.0. The number of rotatable bonds is 2. The number of halogens is 1. The number of hydrogen-bond donors (Lipinski definition) is 1. The summed E-state index contributed by atoms with van der Waals surface area (Å²) in [4.78, 5) is 23.4. The van der Waals surface area contributed by atoms with Crippen LogP contribution in [0.3, 0.4) is 0 Å². The molecule has 0 spiro atoms. The lowest BCUT2D eigenvalue weighted by molar-refractivity contribution is 0.268. The molecule has 1 saturated heterocycles. The molecule has 2 aromatic rings. The number of hydrogen-bond acceptors (Lipinski definition) is 4. The molecule has 0 bridgehead atoms. The maximum absolute atomic E-state index is 11.8. The Hall–Kier alpha value is -1.41. The van der Waals surface area contributed by atoms with E-state index in [0.717, 1.165) is 25.5 Å². The summed E-state index contributed by atoms with van der Waals surface area (Å²) in [5.41, 5.74) is 1.17. The molecule has 0 saturated carbocycles. The van der Waals surface area contributed by atoms with Crippen LogP contribution < -0.4 is 10.5 Å². The second kappa shape index (κ2) is 6.15. The molecule has 1 N–H and O–H groups in total. The first kappa shape index (κ1) is 14.5. The van der Waals surface area contributed by atoms with E-state index >= 15 is 0 Å². The van der Waals surface area contributed by atoms with Crippen molar-refractivity contribution in [2.24, 2.45) is 0 Å². The van der Waals surface area contributed by atoms with Gasteiger partial charge in [0.2, 0.25) is 0 Å². The van der Waals surface area contributed by atoms with Crippen LogP contribution in [0.5, 0.6) is 0 Å². The van der Waals surface area contributed by atoms with Gasteiger partial charge in [-0.05, 0) is 35.2 Å². The third kappa shape index (κ3) is 2.96. The number of aromatic nitrogens is 2. The van der Waals surface area contributed by atoms with Crippen LogP contribution in [0.2, 0.25) is 0 Å². The highest BCUT2D eigenvalue weighted by Gasteiger charge is 2.29. The number of piperazine rings is 1. The van der Waals surface area contributed by atoms with Crippen molar-refractivity contribution in [1.29, 1.82) is 0 Å². The predicted octanol–water partition coefficient (Wildman–Crippen LogP) is 1.87. The van der Waals surface area contributed by atoms with E-state index in [4.69, 9.17) is 0 Å². The highest BCUT2D eigenvalue weighted by Crippen LogP contribution is 2.30. The highest BCUT2D eigenvalue weighted by atomic mass is 127. The molecule has 1 unspecified atom stereocenters. The minimum absolute atomic E-state index is 0.0775. The number of H-pyrrole nitrogens is 1. The Kier molecular flexibility index (Phi) is 4.25. The van der Waals surface area contributed by atoms with Crippen LogP contribution in [0.1, 0.15) is 11.6 Å². The van der Waals surface area contributed by atoms with E-state index in [-0.39, 0.29) is 11.6 Å². The van der Waals surface area contributed by atoms with Crippen molar-refractivity contribution in [2.75, 3.05) is 31.6 Å². The predicted molar refractivity (Wildman–Crippen MR) is 91.6 cm³/mol. The van der Waals surface area contributed by atoms with Crippen LogP contribution in [0.15, 0.2) is 41.5 Å². The molecule has 2 heterocycles. The molecule has 0 radical (unpaired) electrons. The molecule has 6 heteroatoms. The fraction of sp³-hybridized carbons (Fsp3) is 0.333. The van der Waals surface area contributed by atoms with Crippen molar-refractivity contribution in [3.05, 3.63) is 56.1 Å². The second-order valence-corrected chi connectivity index (χ2v) is 6.33. The zero-order valence-electron chi connectivity index (χ0n) is 11.8. The zero-order valence-corrected chi connectivity index (χ0v) is 13.9. The van der Waals surface area contributed by atoms with Gasteiger partial charge in [-0.1, -0.05) is 30.3 Å². The summed E-state index contributed by atoms with van der Waals surface area (Å²) in [5.74, 6) is 0.779. The van der Waals surface area contributed by atoms with E-state index in [2.05, 4.69) is 73.7 Å². The van der Waals surface area contributed by atoms with Gasteiger partial charge in [0.15, 0.2) is 0 Å². The van der Waals surface area contributed by atoms with E-state index in [1.165, 1.54) is 11.9 Å². The Morgan fingerprint density at radius 2 is 2.05 bits per heavy atom. The molecule has 1 atom stereocenters. The van der Waals surface area contributed by atoms with Crippen LogP contribution in [0, 0.1) is 3.57 Å². The third-order valence-corrected chi connectivity index (χ3v) is 4.79. The maximum Gasteiger partial charge on any atom is 0.266 e. The molecular formula is C15H17IN4O. The van der Waals surface area contributed by atoms with Crippen molar-refractivity contribution >= 4 is 28.4 Å². The van der Waals surface area contributed by atoms with Crippen LogP contribution in [-0.4, -0.2) is 41.5 Å². The summed E-state index contributed by atoms with van der Waals surface area (Å²) in [6.45, 7) is 2.75. The summed E-state index contributed by atoms with van der Waals surface area (Å²) in [6, 6.07) is 10.6. The Bertz CT molecular complexity index is 673. The minimum atomic E-state index is -0.0775. The summed E-state index contributed by atoms with van der Waals surface area (Å²) >= 11 is 2.08. The number of nitrogens with zero attached hydrogens (tertiary/aromatic N) is 3. The van der Waals surface area contributed by atoms with E-state index in [9.17, 15) is 4.79 Å². The topological polar surface area (TPSA) is 52.2 Å². The first-order valence-corrected chi connectivity index (χ1v) is 7.98. The molecule has 0 aliphatic carbocycles. The summed E-state index contributed by atoms with van der Waals surface area (Å²) in [5, 5.41) is 0. The van der Waals surface area contributed by atoms with Gasteiger partial charge in [0.25, 0.3) is 5.56 Å². The van der Waals surface area contributed by atoms with Crippen molar-refractivity contribution in [1.82, 2.24) is 14.9 Å². The monoisotopic (exact) mass is 396 g/mol. The smallest absolute Gasteiger partial charge is 0.266 e. The Morgan fingerprint density at radius 1 is 1.29 bits per heavy atom. The van der Waals surface area contributed by atoms with Gasteiger partial charge < -0.3 is 14.8 Å². The Balaban J connectivity index is 2.02. The SMILES string of the molecule is CN1CCN(c2nc[nH]c(=O)c2I)C(c2ccccc2)C1. The van der Waals surface area contributed by atoms with E-state index in [0.29, 0.717) is 3.57 Å². The standard InChI is InChI=1S/C15H17IN4O/c1-19-7-8-20(14-13(16)15(21)18-10-17-14)12(9-19)11-5-3-2-4-6-11/h2-6,10,12H,7-9H2,1H3,(H,17,18,21). The van der Waals surface area contributed by atoms with Gasteiger partial charge in [-0.2, -0.15) is 0 Å². The van der Waals surface area contributed by atoms with Gasteiger partial charge >= 0.3 is 0 Å². The first-order valence-electron chi connectivity index (χ1n) is 6.90. The van der Waals surface area contributed by atoms with Crippen LogP contribution in [-0.2, 0) is 0 Å². The average molecular weight is 396 g/mol. The molecule has 0 amide bonds. The number of benzene rings is 1. The van der Waals surface area contributed by atoms with Crippen LogP contribution in [0.25, 0.3) is 0 Å². The molecule has 1 aliphatic rings. The van der Waals surface area contributed by atoms with Crippen molar-refractivity contribution in [3.63, 3.8) is 0 Å². The quantitative estimate of drug-likeness (QED) is 0.788. The van der Waals surface area contributed by atoms with E-state index in [1.54, 1.807) is 0 Å². The molecule has 1 aliphatic heterocycles.